The first-order valence-corrected chi connectivity index (χ1v) is 5.92. The number of aromatic nitrogens is 4. The van der Waals surface area contributed by atoms with E-state index in [-0.39, 0.29) is 18.6 Å². The van der Waals surface area contributed by atoms with Crippen LogP contribution in [0.1, 0.15) is 18.9 Å². The van der Waals surface area contributed by atoms with Gasteiger partial charge in [0.15, 0.2) is 11.5 Å². The first kappa shape index (κ1) is 11.4. The van der Waals surface area contributed by atoms with Gasteiger partial charge in [0.05, 0.1) is 12.4 Å². The van der Waals surface area contributed by atoms with Crippen LogP contribution in [0, 0.1) is 5.92 Å². The zero-order valence-electron chi connectivity index (χ0n) is 9.77. The van der Waals surface area contributed by atoms with Gasteiger partial charge in [0.2, 0.25) is 0 Å². The largest absolute Gasteiger partial charge is 0.396 e. The van der Waals surface area contributed by atoms with Crippen molar-refractivity contribution in [3.8, 4) is 0 Å². The molecule has 0 bridgehead atoms. The second kappa shape index (κ2) is 4.18. The lowest BCUT2D eigenvalue weighted by atomic mass is 10.1. The van der Waals surface area contributed by atoms with Crippen molar-refractivity contribution in [3.63, 3.8) is 0 Å². The average Bonchev–Trinajstić information content (AvgIpc) is 2.93. The maximum Gasteiger partial charge on any atom is 0.165 e. The molecule has 1 fully saturated rings. The van der Waals surface area contributed by atoms with Gasteiger partial charge < -0.3 is 20.5 Å². The average molecular weight is 249 g/mol. The van der Waals surface area contributed by atoms with Gasteiger partial charge in [-0.25, -0.2) is 15.0 Å². The van der Waals surface area contributed by atoms with Crippen molar-refractivity contribution in [2.75, 3.05) is 12.3 Å². The van der Waals surface area contributed by atoms with E-state index >= 15 is 0 Å². The van der Waals surface area contributed by atoms with Crippen molar-refractivity contribution in [3.05, 3.63) is 12.7 Å². The fourth-order valence-corrected chi connectivity index (χ4v) is 2.63. The topological polar surface area (TPSA) is 110 Å². The Morgan fingerprint density at radius 1 is 1.33 bits per heavy atom. The van der Waals surface area contributed by atoms with Crippen LogP contribution in [0.2, 0.25) is 0 Å². The third kappa shape index (κ3) is 1.63. The van der Waals surface area contributed by atoms with E-state index in [1.165, 1.54) is 6.33 Å². The van der Waals surface area contributed by atoms with Crippen molar-refractivity contribution < 1.29 is 10.2 Å². The predicted molar refractivity (Wildman–Crippen MR) is 64.6 cm³/mol. The quantitative estimate of drug-likeness (QED) is 0.674. The normalized spacial score (nSPS) is 28.0. The Kier molecular flexibility index (Phi) is 2.64. The summed E-state index contributed by atoms with van der Waals surface area (Å²) in [5, 5.41) is 19.0. The van der Waals surface area contributed by atoms with E-state index < -0.39 is 6.10 Å². The minimum atomic E-state index is -0.475. The molecule has 7 heteroatoms. The van der Waals surface area contributed by atoms with Crippen LogP contribution in [0.15, 0.2) is 12.7 Å². The molecule has 1 saturated carbocycles. The first-order valence-electron chi connectivity index (χ1n) is 5.92. The highest BCUT2D eigenvalue weighted by Gasteiger charge is 2.34. The molecule has 0 aromatic carbocycles. The molecule has 3 rings (SSSR count). The molecule has 1 aliphatic rings. The van der Waals surface area contributed by atoms with Gasteiger partial charge in [-0.1, -0.05) is 0 Å². The Balaban J connectivity index is 1.99. The molecule has 2 aromatic rings. The van der Waals surface area contributed by atoms with E-state index in [0.717, 1.165) is 0 Å². The van der Waals surface area contributed by atoms with Gasteiger partial charge in [-0.3, -0.25) is 0 Å². The molecule has 1 aliphatic carbocycles. The second-order valence-electron chi connectivity index (χ2n) is 4.72. The van der Waals surface area contributed by atoms with Gasteiger partial charge in [0.25, 0.3) is 0 Å². The molecule has 4 N–H and O–H groups in total. The standard InChI is InChI=1S/C11H15N5O2/c12-10-9-11(14-4-13-10)16(5-15-9)7-1-6(3-17)8(18)2-7/h4-8,17-18H,1-3H2,(H2,12,13,14). The van der Waals surface area contributed by atoms with E-state index in [4.69, 9.17) is 5.73 Å². The van der Waals surface area contributed by atoms with Gasteiger partial charge >= 0.3 is 0 Å². The summed E-state index contributed by atoms with van der Waals surface area (Å²) >= 11 is 0. The van der Waals surface area contributed by atoms with Gasteiger partial charge in [0, 0.05) is 18.6 Å². The fourth-order valence-electron chi connectivity index (χ4n) is 2.63. The molecule has 0 saturated heterocycles. The number of hydrogen-bond donors (Lipinski definition) is 3. The highest BCUT2D eigenvalue weighted by Crippen LogP contribution is 2.36. The van der Waals surface area contributed by atoms with Crippen LogP contribution < -0.4 is 5.73 Å². The number of hydrogen-bond acceptors (Lipinski definition) is 6. The molecule has 18 heavy (non-hydrogen) atoms. The maximum atomic E-state index is 9.83. The van der Waals surface area contributed by atoms with Crippen molar-refractivity contribution in [1.82, 2.24) is 19.5 Å². The van der Waals surface area contributed by atoms with Crippen LogP contribution in [0.25, 0.3) is 11.2 Å². The third-order valence-corrected chi connectivity index (χ3v) is 3.65. The summed E-state index contributed by atoms with van der Waals surface area (Å²) in [5.41, 5.74) is 6.99. The van der Waals surface area contributed by atoms with Gasteiger partial charge in [-0.2, -0.15) is 0 Å². The zero-order chi connectivity index (χ0) is 12.7. The number of nitrogens with two attached hydrogens (primary N) is 1. The highest BCUT2D eigenvalue weighted by atomic mass is 16.3. The fraction of sp³-hybridized carbons (Fsp3) is 0.545. The minimum Gasteiger partial charge on any atom is -0.396 e. The van der Waals surface area contributed by atoms with E-state index in [9.17, 15) is 10.2 Å². The number of nitrogen functional groups attached to an aromatic ring is 1. The van der Waals surface area contributed by atoms with Crippen LogP contribution in [-0.2, 0) is 0 Å². The van der Waals surface area contributed by atoms with Gasteiger partial charge in [-0.15, -0.1) is 0 Å². The number of fused-ring (bicyclic) bond motifs is 1. The second-order valence-corrected chi connectivity index (χ2v) is 4.72. The minimum absolute atomic E-state index is 0.00141. The number of anilines is 1. The molecule has 2 heterocycles. The van der Waals surface area contributed by atoms with E-state index in [1.54, 1.807) is 6.33 Å². The molecule has 0 amide bonds. The molecule has 0 spiro atoms. The zero-order valence-corrected chi connectivity index (χ0v) is 9.77. The first-order chi connectivity index (χ1) is 8.70. The smallest absolute Gasteiger partial charge is 0.165 e. The van der Waals surface area contributed by atoms with Crippen LogP contribution in [0.5, 0.6) is 0 Å². The Morgan fingerprint density at radius 2 is 2.17 bits per heavy atom. The lowest BCUT2D eigenvalue weighted by molar-refractivity contribution is 0.0906. The molecule has 2 aromatic heterocycles. The Labute approximate surface area is 103 Å². The number of imidazole rings is 1. The monoisotopic (exact) mass is 249 g/mol. The molecule has 96 valence electrons. The molecular weight excluding hydrogens is 234 g/mol. The molecular formula is C11H15N5O2. The van der Waals surface area contributed by atoms with E-state index in [0.29, 0.717) is 29.8 Å². The summed E-state index contributed by atoms with van der Waals surface area (Å²) in [4.78, 5) is 12.3. The molecule has 3 unspecified atom stereocenters. The summed E-state index contributed by atoms with van der Waals surface area (Å²) in [7, 11) is 0. The summed E-state index contributed by atoms with van der Waals surface area (Å²) in [6, 6.07) is 0.0939. The van der Waals surface area contributed by atoms with Crippen molar-refractivity contribution in [2.24, 2.45) is 5.92 Å². The van der Waals surface area contributed by atoms with Gasteiger partial charge in [-0.05, 0) is 12.8 Å². The Hall–Kier alpha value is -1.73. The van der Waals surface area contributed by atoms with Crippen molar-refractivity contribution >= 4 is 17.0 Å². The Bertz CT molecular complexity index is 570. The van der Waals surface area contributed by atoms with Crippen LogP contribution >= 0.6 is 0 Å². The lowest BCUT2D eigenvalue weighted by Crippen LogP contribution is -2.16. The Morgan fingerprint density at radius 3 is 2.89 bits per heavy atom. The maximum absolute atomic E-state index is 9.83. The number of nitrogens with zero attached hydrogens (tertiary/aromatic N) is 4. The third-order valence-electron chi connectivity index (χ3n) is 3.65. The number of rotatable bonds is 2. The summed E-state index contributed by atoms with van der Waals surface area (Å²) < 4.78 is 1.91. The highest BCUT2D eigenvalue weighted by molar-refractivity contribution is 5.81. The molecule has 0 aliphatic heterocycles. The van der Waals surface area contributed by atoms with E-state index in [1.807, 2.05) is 4.57 Å². The molecule has 7 nitrogen and oxygen atoms in total. The van der Waals surface area contributed by atoms with Gasteiger partial charge in [0.1, 0.15) is 11.8 Å². The number of aliphatic hydroxyl groups is 2. The summed E-state index contributed by atoms with van der Waals surface area (Å²) in [6.45, 7) is 0.00141. The van der Waals surface area contributed by atoms with Crippen LogP contribution in [0.4, 0.5) is 5.82 Å². The lowest BCUT2D eigenvalue weighted by Gasteiger charge is -2.11. The SMILES string of the molecule is Nc1ncnc2c1ncn2C1CC(O)C(CO)C1. The van der Waals surface area contributed by atoms with Crippen LogP contribution in [-0.4, -0.2) is 42.4 Å². The molecule has 3 atom stereocenters. The predicted octanol–water partition coefficient (Wildman–Crippen LogP) is -0.287. The van der Waals surface area contributed by atoms with E-state index in [2.05, 4.69) is 15.0 Å². The van der Waals surface area contributed by atoms with Crippen molar-refractivity contribution in [2.45, 2.75) is 25.0 Å². The van der Waals surface area contributed by atoms with Crippen LogP contribution in [0.3, 0.4) is 0 Å². The number of aliphatic hydroxyl groups excluding tert-OH is 2. The summed E-state index contributed by atoms with van der Waals surface area (Å²) in [5.74, 6) is 0.280. The van der Waals surface area contributed by atoms with Crippen molar-refractivity contribution in [1.29, 1.82) is 0 Å². The molecule has 0 radical (unpaired) electrons. The summed E-state index contributed by atoms with van der Waals surface area (Å²) in [6.07, 6.45) is 3.92.